The third-order valence-corrected chi connectivity index (χ3v) is 5.68. The minimum atomic E-state index is -3.61. The molecule has 20 heavy (non-hydrogen) atoms. The molecule has 1 saturated carbocycles. The molecule has 1 aromatic rings. The molecule has 0 radical (unpaired) electrons. The maximum atomic E-state index is 12.2. The second-order valence-corrected chi connectivity index (χ2v) is 7.44. The van der Waals surface area contributed by atoms with Crippen LogP contribution < -0.4 is 4.72 Å². The summed E-state index contributed by atoms with van der Waals surface area (Å²) < 4.78 is 37.9. The number of nitrogens with zero attached hydrogens (tertiary/aromatic N) is 1. The predicted octanol–water partition coefficient (Wildman–Crippen LogP) is 1.61. The van der Waals surface area contributed by atoms with Gasteiger partial charge in [0, 0.05) is 25.5 Å². The van der Waals surface area contributed by atoms with E-state index in [1.807, 2.05) is 0 Å². The highest BCUT2D eigenvalue weighted by Gasteiger charge is 2.46. The van der Waals surface area contributed by atoms with Crippen molar-refractivity contribution in [2.75, 3.05) is 13.2 Å². The van der Waals surface area contributed by atoms with Crippen LogP contribution in [-0.2, 0) is 14.8 Å². The first kappa shape index (κ1) is 14.0. The lowest BCUT2D eigenvalue weighted by Gasteiger charge is -2.45. The highest BCUT2D eigenvalue weighted by molar-refractivity contribution is 7.89. The Labute approximate surface area is 119 Å². The largest absolute Gasteiger partial charge is 0.428 e. The van der Waals surface area contributed by atoms with Crippen LogP contribution in [0.1, 0.15) is 38.0 Å². The third kappa shape index (κ3) is 2.49. The molecule has 1 atom stereocenters. The minimum absolute atomic E-state index is 0.0291. The number of aromatic nitrogens is 1. The normalized spacial score (nSPS) is 25.6. The van der Waals surface area contributed by atoms with Crippen LogP contribution in [0.4, 0.5) is 0 Å². The van der Waals surface area contributed by atoms with Crippen LogP contribution in [0.5, 0.6) is 0 Å². The predicted molar refractivity (Wildman–Crippen MR) is 71.7 cm³/mol. The number of hydrogen-bond donors (Lipinski definition) is 1. The molecule has 0 spiro atoms. The van der Waals surface area contributed by atoms with E-state index in [-0.39, 0.29) is 16.6 Å². The van der Waals surface area contributed by atoms with E-state index in [0.717, 1.165) is 38.7 Å². The summed E-state index contributed by atoms with van der Waals surface area (Å²) in [5, 5.41) is -0.114. The quantitative estimate of drug-likeness (QED) is 0.893. The summed E-state index contributed by atoms with van der Waals surface area (Å²) >= 11 is 0. The molecule has 1 aliphatic carbocycles. The zero-order valence-corrected chi connectivity index (χ0v) is 12.4. The number of hydrogen-bond acceptors (Lipinski definition) is 5. The van der Waals surface area contributed by atoms with Crippen LogP contribution in [0.15, 0.2) is 15.7 Å². The van der Waals surface area contributed by atoms with Gasteiger partial charge in [-0.05, 0) is 25.7 Å². The molecular formula is C13H20N2O4S. The monoisotopic (exact) mass is 300 g/mol. The first-order chi connectivity index (χ1) is 9.52. The molecular weight excluding hydrogens is 280 g/mol. The molecule has 3 rings (SSSR count). The molecule has 0 amide bonds. The molecule has 1 saturated heterocycles. The van der Waals surface area contributed by atoms with Crippen molar-refractivity contribution in [3.05, 3.63) is 12.1 Å². The maximum absolute atomic E-state index is 12.2. The Morgan fingerprint density at radius 2 is 2.25 bits per heavy atom. The molecule has 1 aliphatic heterocycles. The Balaban J connectivity index is 1.68. The molecule has 2 fully saturated rings. The van der Waals surface area contributed by atoms with E-state index >= 15 is 0 Å². The van der Waals surface area contributed by atoms with Crippen molar-refractivity contribution in [1.29, 1.82) is 0 Å². The highest BCUT2D eigenvalue weighted by atomic mass is 32.2. The van der Waals surface area contributed by atoms with Gasteiger partial charge in [0.05, 0.1) is 12.3 Å². The van der Waals surface area contributed by atoms with Gasteiger partial charge in [-0.25, -0.2) is 18.1 Å². The fraction of sp³-hybridized carbons (Fsp3) is 0.769. The minimum Gasteiger partial charge on any atom is -0.428 e. The number of nitrogens with one attached hydrogen (secondary N) is 1. The van der Waals surface area contributed by atoms with E-state index in [0.29, 0.717) is 12.4 Å². The average molecular weight is 300 g/mol. The van der Waals surface area contributed by atoms with Crippen LogP contribution in [0.25, 0.3) is 0 Å². The number of ether oxygens (including phenoxy) is 1. The van der Waals surface area contributed by atoms with Gasteiger partial charge in [0.1, 0.15) is 0 Å². The molecule has 7 heteroatoms. The van der Waals surface area contributed by atoms with E-state index < -0.39 is 10.0 Å². The summed E-state index contributed by atoms with van der Waals surface area (Å²) in [6, 6.07) is 0. The van der Waals surface area contributed by atoms with Crippen LogP contribution >= 0.6 is 0 Å². The molecule has 2 heterocycles. The van der Waals surface area contributed by atoms with Crippen LogP contribution in [0.2, 0.25) is 0 Å². The fourth-order valence-corrected chi connectivity index (χ4v) is 4.12. The Hall–Kier alpha value is -0.920. The summed E-state index contributed by atoms with van der Waals surface area (Å²) in [6.07, 6.45) is 6.73. The first-order valence-electron chi connectivity index (χ1n) is 7.06. The maximum Gasteiger partial charge on any atom is 0.275 e. The zero-order chi connectivity index (χ0) is 14.2. The van der Waals surface area contributed by atoms with Crippen molar-refractivity contribution in [1.82, 2.24) is 9.71 Å². The lowest BCUT2D eigenvalue weighted by Crippen LogP contribution is -2.49. The molecule has 0 aromatic carbocycles. The average Bonchev–Trinajstić information content (AvgIpc) is 2.99. The molecule has 2 aliphatic rings. The summed E-state index contributed by atoms with van der Waals surface area (Å²) in [5.41, 5.74) is -0.0291. The van der Waals surface area contributed by atoms with Gasteiger partial charge in [0.15, 0.2) is 5.89 Å². The van der Waals surface area contributed by atoms with Crippen molar-refractivity contribution in [2.24, 2.45) is 5.41 Å². The lowest BCUT2D eigenvalue weighted by atomic mass is 9.64. The highest BCUT2D eigenvalue weighted by Crippen LogP contribution is 2.47. The van der Waals surface area contributed by atoms with E-state index in [9.17, 15) is 8.42 Å². The van der Waals surface area contributed by atoms with Gasteiger partial charge in [-0.2, -0.15) is 0 Å². The first-order valence-corrected chi connectivity index (χ1v) is 8.54. The Morgan fingerprint density at radius 1 is 1.45 bits per heavy atom. The molecule has 1 aromatic heterocycles. The number of oxazole rings is 1. The van der Waals surface area contributed by atoms with Crippen LogP contribution in [0, 0.1) is 12.3 Å². The second kappa shape index (κ2) is 5.13. The van der Waals surface area contributed by atoms with E-state index in [1.165, 1.54) is 6.20 Å². The lowest BCUT2D eigenvalue weighted by molar-refractivity contribution is -0.0460. The SMILES string of the molecule is Cc1ncc(S(=O)(=O)NCC2(C3CCCO3)CCC2)o1. The smallest absolute Gasteiger partial charge is 0.275 e. The van der Waals surface area contributed by atoms with Gasteiger partial charge in [-0.3, -0.25) is 0 Å². The van der Waals surface area contributed by atoms with Gasteiger partial charge >= 0.3 is 0 Å². The number of sulfonamides is 1. The summed E-state index contributed by atoms with van der Waals surface area (Å²) in [5.74, 6) is 0.350. The molecule has 1 unspecified atom stereocenters. The van der Waals surface area contributed by atoms with Gasteiger partial charge < -0.3 is 9.15 Å². The van der Waals surface area contributed by atoms with Gasteiger partial charge in [-0.15, -0.1) is 0 Å². The van der Waals surface area contributed by atoms with E-state index in [4.69, 9.17) is 9.15 Å². The van der Waals surface area contributed by atoms with E-state index in [2.05, 4.69) is 9.71 Å². The molecule has 1 N–H and O–H groups in total. The molecule has 112 valence electrons. The Bertz CT molecular complexity index is 571. The van der Waals surface area contributed by atoms with Crippen molar-refractivity contribution in [3.63, 3.8) is 0 Å². The Kier molecular flexibility index (Phi) is 3.60. The summed E-state index contributed by atoms with van der Waals surface area (Å²) in [4.78, 5) is 3.83. The van der Waals surface area contributed by atoms with Gasteiger partial charge in [-0.1, -0.05) is 6.42 Å². The summed E-state index contributed by atoms with van der Waals surface area (Å²) in [7, 11) is -3.61. The number of rotatable bonds is 5. The zero-order valence-electron chi connectivity index (χ0n) is 11.6. The third-order valence-electron chi connectivity index (χ3n) is 4.44. The van der Waals surface area contributed by atoms with Crippen molar-refractivity contribution in [2.45, 2.75) is 50.2 Å². The Morgan fingerprint density at radius 3 is 2.75 bits per heavy atom. The van der Waals surface area contributed by atoms with Crippen molar-refractivity contribution in [3.8, 4) is 0 Å². The van der Waals surface area contributed by atoms with E-state index in [1.54, 1.807) is 6.92 Å². The molecule has 6 nitrogen and oxygen atoms in total. The van der Waals surface area contributed by atoms with Gasteiger partial charge in [0.2, 0.25) is 0 Å². The second-order valence-electron chi connectivity index (χ2n) is 5.74. The standard InChI is InChI=1S/C13H20N2O4S/c1-10-14-8-12(19-10)20(16,17)15-9-13(5-3-6-13)11-4-2-7-18-11/h8,11,15H,2-7,9H2,1H3. The van der Waals surface area contributed by atoms with Crippen molar-refractivity contribution >= 4 is 10.0 Å². The topological polar surface area (TPSA) is 81.4 Å². The van der Waals surface area contributed by atoms with Crippen LogP contribution in [0.3, 0.4) is 0 Å². The summed E-state index contributed by atoms with van der Waals surface area (Å²) in [6.45, 7) is 2.83. The number of aryl methyl sites for hydroxylation is 1. The van der Waals surface area contributed by atoms with Crippen molar-refractivity contribution < 1.29 is 17.6 Å². The van der Waals surface area contributed by atoms with Gasteiger partial charge in [0.25, 0.3) is 15.1 Å². The van der Waals surface area contributed by atoms with Crippen LogP contribution in [-0.4, -0.2) is 32.7 Å². The molecule has 0 bridgehead atoms. The fourth-order valence-electron chi connectivity index (χ4n) is 3.08.